The molecule has 2 atom stereocenters. The summed E-state index contributed by atoms with van der Waals surface area (Å²) in [5, 5.41) is 9.97. The van der Waals surface area contributed by atoms with Gasteiger partial charge in [-0.25, -0.2) is 0 Å². The molecule has 2 unspecified atom stereocenters. The third-order valence-electron chi connectivity index (χ3n) is 5.31. The number of allylic oxidation sites excluding steroid dienone is 3. The minimum absolute atomic E-state index is 0.0370. The summed E-state index contributed by atoms with van der Waals surface area (Å²) in [6, 6.07) is 0. The van der Waals surface area contributed by atoms with Gasteiger partial charge in [0.15, 0.2) is 0 Å². The predicted octanol–water partition coefficient (Wildman–Crippen LogP) is 5.76. The molecule has 3 nitrogen and oxygen atoms in total. The Morgan fingerprint density at radius 3 is 2.42 bits per heavy atom. The van der Waals surface area contributed by atoms with E-state index < -0.39 is 11.4 Å². The van der Waals surface area contributed by atoms with Crippen LogP contribution in [-0.2, 0) is 9.53 Å². The molecule has 0 aliphatic heterocycles. The summed E-state index contributed by atoms with van der Waals surface area (Å²) in [5.41, 5.74) is 0.494. The maximum atomic E-state index is 12.1. The van der Waals surface area contributed by atoms with Gasteiger partial charge in [0.25, 0.3) is 0 Å². The standard InChI is InChI=1S/C21H36O3/c1-4-6-7-8-9-10-11-14-21(20(22)23)15-12-18(5-2)17-19(21)13-16-24-3/h12,15,17,19H,4-11,13-14,16H2,1-3H3,(H,22,23). The Labute approximate surface area is 148 Å². The number of rotatable bonds is 13. The van der Waals surface area contributed by atoms with Crippen LogP contribution in [0.5, 0.6) is 0 Å². The topological polar surface area (TPSA) is 46.5 Å². The van der Waals surface area contributed by atoms with Crippen LogP contribution in [0.2, 0.25) is 0 Å². The second-order valence-electron chi connectivity index (χ2n) is 7.03. The van der Waals surface area contributed by atoms with E-state index in [1.165, 1.54) is 37.7 Å². The van der Waals surface area contributed by atoms with E-state index in [1.807, 2.05) is 12.2 Å². The van der Waals surface area contributed by atoms with E-state index in [0.717, 1.165) is 32.1 Å². The highest BCUT2D eigenvalue weighted by atomic mass is 16.5. The Hall–Kier alpha value is -1.09. The van der Waals surface area contributed by atoms with Gasteiger partial charge in [-0.3, -0.25) is 4.79 Å². The minimum atomic E-state index is -0.749. The first-order valence-corrected chi connectivity index (χ1v) is 9.73. The van der Waals surface area contributed by atoms with Gasteiger partial charge < -0.3 is 9.84 Å². The first-order chi connectivity index (χ1) is 11.6. The van der Waals surface area contributed by atoms with Gasteiger partial charge in [0.05, 0.1) is 5.41 Å². The maximum Gasteiger partial charge on any atom is 0.314 e. The van der Waals surface area contributed by atoms with Crippen molar-refractivity contribution >= 4 is 5.97 Å². The third kappa shape index (κ3) is 6.08. The van der Waals surface area contributed by atoms with Crippen molar-refractivity contribution < 1.29 is 14.6 Å². The second kappa shape index (κ2) is 11.5. The highest BCUT2D eigenvalue weighted by molar-refractivity contribution is 5.78. The molecular weight excluding hydrogens is 300 g/mol. The van der Waals surface area contributed by atoms with E-state index in [4.69, 9.17) is 4.74 Å². The van der Waals surface area contributed by atoms with Crippen LogP contribution in [0.4, 0.5) is 0 Å². The maximum absolute atomic E-state index is 12.1. The zero-order valence-corrected chi connectivity index (χ0v) is 15.9. The molecule has 0 aromatic heterocycles. The van der Waals surface area contributed by atoms with Gasteiger partial charge in [0, 0.05) is 13.7 Å². The number of carbonyl (C=O) groups is 1. The highest BCUT2D eigenvalue weighted by Crippen LogP contribution is 2.42. The van der Waals surface area contributed by atoms with Crippen LogP contribution in [0, 0.1) is 11.3 Å². The van der Waals surface area contributed by atoms with E-state index >= 15 is 0 Å². The summed E-state index contributed by atoms with van der Waals surface area (Å²) >= 11 is 0. The van der Waals surface area contributed by atoms with Crippen molar-refractivity contribution in [1.82, 2.24) is 0 Å². The molecule has 3 heteroatoms. The van der Waals surface area contributed by atoms with Gasteiger partial charge in [-0.05, 0) is 25.2 Å². The van der Waals surface area contributed by atoms with E-state index in [2.05, 4.69) is 19.9 Å². The lowest BCUT2D eigenvalue weighted by atomic mass is 9.67. The van der Waals surface area contributed by atoms with E-state index in [-0.39, 0.29) is 5.92 Å². The zero-order valence-electron chi connectivity index (χ0n) is 15.9. The van der Waals surface area contributed by atoms with Crippen molar-refractivity contribution in [2.24, 2.45) is 11.3 Å². The largest absolute Gasteiger partial charge is 0.481 e. The summed E-state index contributed by atoms with van der Waals surface area (Å²) in [4.78, 5) is 12.1. The van der Waals surface area contributed by atoms with Crippen molar-refractivity contribution in [1.29, 1.82) is 0 Å². The molecular formula is C21H36O3. The summed E-state index contributed by atoms with van der Waals surface area (Å²) in [6.45, 7) is 4.95. The number of carboxylic acids is 1. The molecule has 0 saturated heterocycles. The van der Waals surface area contributed by atoms with Crippen molar-refractivity contribution in [2.45, 2.75) is 78.1 Å². The molecule has 0 bridgehead atoms. The molecule has 1 N–H and O–H groups in total. The van der Waals surface area contributed by atoms with E-state index in [9.17, 15) is 9.90 Å². The molecule has 138 valence electrons. The lowest BCUT2D eigenvalue weighted by molar-refractivity contribution is -0.149. The van der Waals surface area contributed by atoms with Gasteiger partial charge in [-0.1, -0.05) is 82.6 Å². The van der Waals surface area contributed by atoms with Crippen LogP contribution in [0.1, 0.15) is 78.1 Å². The Morgan fingerprint density at radius 2 is 1.83 bits per heavy atom. The van der Waals surface area contributed by atoms with Gasteiger partial charge >= 0.3 is 5.97 Å². The summed E-state index contributed by atoms with van der Waals surface area (Å²) in [7, 11) is 1.68. The number of methoxy groups -OCH3 is 1. The highest BCUT2D eigenvalue weighted by Gasteiger charge is 2.43. The number of unbranched alkanes of at least 4 members (excludes halogenated alkanes) is 6. The Bertz CT molecular complexity index is 425. The lowest BCUT2D eigenvalue weighted by Gasteiger charge is -2.36. The Kier molecular flexibility index (Phi) is 10.0. The fourth-order valence-corrected chi connectivity index (χ4v) is 3.64. The van der Waals surface area contributed by atoms with Crippen molar-refractivity contribution in [3.63, 3.8) is 0 Å². The molecule has 0 radical (unpaired) electrons. The average molecular weight is 337 g/mol. The molecule has 1 aliphatic carbocycles. The van der Waals surface area contributed by atoms with Gasteiger partial charge in [-0.2, -0.15) is 0 Å². The fraction of sp³-hybridized carbons (Fsp3) is 0.762. The van der Waals surface area contributed by atoms with Crippen LogP contribution >= 0.6 is 0 Å². The monoisotopic (exact) mass is 336 g/mol. The molecule has 0 fully saturated rings. The van der Waals surface area contributed by atoms with Gasteiger partial charge in [0.1, 0.15) is 0 Å². The molecule has 0 spiro atoms. The van der Waals surface area contributed by atoms with Crippen LogP contribution in [0.25, 0.3) is 0 Å². The zero-order chi connectivity index (χ0) is 17.8. The molecule has 0 heterocycles. The van der Waals surface area contributed by atoms with E-state index in [1.54, 1.807) is 7.11 Å². The van der Waals surface area contributed by atoms with Gasteiger partial charge in [-0.15, -0.1) is 0 Å². The smallest absolute Gasteiger partial charge is 0.314 e. The second-order valence-corrected chi connectivity index (χ2v) is 7.03. The molecule has 24 heavy (non-hydrogen) atoms. The predicted molar refractivity (Wildman–Crippen MR) is 100 cm³/mol. The van der Waals surface area contributed by atoms with Gasteiger partial charge in [0.2, 0.25) is 0 Å². The number of carboxylic acid groups (broad SMARTS) is 1. The van der Waals surface area contributed by atoms with Crippen LogP contribution in [-0.4, -0.2) is 24.8 Å². The molecule has 0 aromatic carbocycles. The van der Waals surface area contributed by atoms with Crippen LogP contribution in [0.15, 0.2) is 23.8 Å². The third-order valence-corrected chi connectivity index (χ3v) is 5.31. The molecule has 1 aliphatic rings. The number of aliphatic carboxylic acids is 1. The quantitative estimate of drug-likeness (QED) is 0.435. The average Bonchev–Trinajstić information content (AvgIpc) is 2.59. The summed E-state index contributed by atoms with van der Waals surface area (Å²) in [5.74, 6) is -0.646. The fourth-order valence-electron chi connectivity index (χ4n) is 3.64. The lowest BCUT2D eigenvalue weighted by Crippen LogP contribution is -2.38. The minimum Gasteiger partial charge on any atom is -0.481 e. The van der Waals surface area contributed by atoms with E-state index in [0.29, 0.717) is 6.61 Å². The first-order valence-electron chi connectivity index (χ1n) is 9.73. The number of hydrogen-bond donors (Lipinski definition) is 1. The SMILES string of the molecule is CCCCCCCCCC1(C(=O)O)C=CC(CC)=CC1CCOC. The Balaban J connectivity index is 2.65. The molecule has 0 aromatic rings. The van der Waals surface area contributed by atoms with Crippen LogP contribution < -0.4 is 0 Å². The molecule has 0 saturated carbocycles. The molecule has 0 amide bonds. The summed E-state index contributed by atoms with van der Waals surface area (Å²) < 4.78 is 5.22. The first kappa shape index (κ1) is 21.0. The normalized spacial score (nSPS) is 23.3. The number of ether oxygens (including phenoxy) is 1. The summed E-state index contributed by atoms with van der Waals surface area (Å²) in [6.07, 6.45) is 17.1. The Morgan fingerprint density at radius 1 is 1.17 bits per heavy atom. The van der Waals surface area contributed by atoms with Crippen molar-refractivity contribution in [3.05, 3.63) is 23.8 Å². The molecule has 1 rings (SSSR count). The number of hydrogen-bond acceptors (Lipinski definition) is 2. The van der Waals surface area contributed by atoms with Crippen molar-refractivity contribution in [2.75, 3.05) is 13.7 Å². The van der Waals surface area contributed by atoms with Crippen LogP contribution in [0.3, 0.4) is 0 Å². The van der Waals surface area contributed by atoms with Crippen molar-refractivity contribution in [3.8, 4) is 0 Å².